The molecule has 1 aliphatic heterocycles. The lowest BCUT2D eigenvalue weighted by Gasteiger charge is -2.33. The lowest BCUT2D eigenvalue weighted by atomic mass is 9.93. The second-order valence-corrected chi connectivity index (χ2v) is 14.4. The first-order valence-corrected chi connectivity index (χ1v) is 18.7. The molecule has 8 aromatic carbocycles. The van der Waals surface area contributed by atoms with E-state index < -0.39 is 0 Å². The summed E-state index contributed by atoms with van der Waals surface area (Å²) in [6, 6.07) is 58.0. The van der Waals surface area contributed by atoms with E-state index in [-0.39, 0.29) is 12.2 Å². The smallest absolute Gasteiger partial charge is 0.104 e. The minimum atomic E-state index is -0.113. The fourth-order valence-electron chi connectivity index (χ4n) is 9.08. The Hall–Kier alpha value is -6.42. The van der Waals surface area contributed by atoms with E-state index in [1.807, 2.05) is 0 Å². The van der Waals surface area contributed by atoms with E-state index in [2.05, 4.69) is 191 Å². The van der Waals surface area contributed by atoms with E-state index in [1.165, 1.54) is 81.3 Å². The zero-order valence-corrected chi connectivity index (χ0v) is 29.3. The van der Waals surface area contributed by atoms with Crippen molar-refractivity contribution < 1.29 is 0 Å². The molecule has 0 saturated heterocycles. The molecular formula is C50H37N3. The number of fused-ring (bicyclic) bond motifs is 11. The summed E-state index contributed by atoms with van der Waals surface area (Å²) in [5.41, 5.74) is 8.47. The summed E-state index contributed by atoms with van der Waals surface area (Å²) in [6.45, 7) is 0. The van der Waals surface area contributed by atoms with Gasteiger partial charge in [0.05, 0.1) is 17.1 Å². The zero-order valence-electron chi connectivity index (χ0n) is 29.3. The molecule has 0 amide bonds. The van der Waals surface area contributed by atoms with Crippen LogP contribution in [0.3, 0.4) is 0 Å². The number of nitrogens with zero attached hydrogens (tertiary/aromatic N) is 1. The molecule has 252 valence electrons. The van der Waals surface area contributed by atoms with Gasteiger partial charge in [0.2, 0.25) is 0 Å². The molecule has 9 aromatic rings. The standard InChI is InChI=1S/C50H37N3/c1-2-16-34(17-3-1)44-31-45(40-26-13-18-32-14-4-6-21-37(32)40)52-50(51-44)35-19-12-20-36(30-35)53-46-27-11-10-25-43(46)48-47-38-22-7-5-15-33(38)28-29-41(47)39-23-8-9-24-42(39)49(48)53/h1-3,5,7-31,44,50-52H,4,6H2. The third-order valence-corrected chi connectivity index (χ3v) is 11.4. The van der Waals surface area contributed by atoms with Gasteiger partial charge in [-0.1, -0.05) is 152 Å². The van der Waals surface area contributed by atoms with Crippen LogP contribution in [0.2, 0.25) is 0 Å². The van der Waals surface area contributed by atoms with Crippen LogP contribution in [0.4, 0.5) is 0 Å². The van der Waals surface area contributed by atoms with E-state index in [1.54, 1.807) is 0 Å². The molecule has 0 spiro atoms. The van der Waals surface area contributed by atoms with Crippen molar-refractivity contribution in [3.63, 3.8) is 0 Å². The molecule has 0 radical (unpaired) electrons. The number of aromatic nitrogens is 1. The monoisotopic (exact) mass is 679 g/mol. The lowest BCUT2D eigenvalue weighted by Crippen LogP contribution is -2.41. The van der Waals surface area contributed by atoms with Gasteiger partial charge in [-0.2, -0.15) is 0 Å². The van der Waals surface area contributed by atoms with Crippen LogP contribution >= 0.6 is 0 Å². The average molecular weight is 680 g/mol. The minimum absolute atomic E-state index is 0.0429. The molecule has 0 bridgehead atoms. The molecule has 11 rings (SSSR count). The maximum Gasteiger partial charge on any atom is 0.104 e. The Labute approximate surface area is 307 Å². The summed E-state index contributed by atoms with van der Waals surface area (Å²) < 4.78 is 2.50. The first-order chi connectivity index (χ1) is 26.3. The van der Waals surface area contributed by atoms with Crippen LogP contribution in [0.15, 0.2) is 164 Å². The van der Waals surface area contributed by atoms with Gasteiger partial charge in [-0.25, -0.2) is 0 Å². The van der Waals surface area contributed by atoms with Crippen LogP contribution in [0.25, 0.3) is 77.7 Å². The molecule has 53 heavy (non-hydrogen) atoms. The van der Waals surface area contributed by atoms with Gasteiger partial charge in [0.25, 0.3) is 0 Å². The number of hydrogen-bond donors (Lipinski definition) is 2. The lowest BCUT2D eigenvalue weighted by molar-refractivity contribution is 0.442. The topological polar surface area (TPSA) is 29.0 Å². The van der Waals surface area contributed by atoms with Crippen LogP contribution in [0.5, 0.6) is 0 Å². The molecule has 3 nitrogen and oxygen atoms in total. The van der Waals surface area contributed by atoms with Crippen molar-refractivity contribution in [2.24, 2.45) is 0 Å². The highest BCUT2D eigenvalue weighted by Crippen LogP contribution is 2.45. The molecule has 1 aliphatic carbocycles. The van der Waals surface area contributed by atoms with Crippen molar-refractivity contribution in [3.8, 4) is 5.69 Å². The van der Waals surface area contributed by atoms with Gasteiger partial charge in [-0.3, -0.25) is 5.32 Å². The summed E-state index contributed by atoms with van der Waals surface area (Å²) in [5.74, 6) is 0. The van der Waals surface area contributed by atoms with Crippen LogP contribution in [0.1, 0.15) is 41.7 Å². The first kappa shape index (κ1) is 30.2. The number of benzene rings is 8. The molecular weight excluding hydrogens is 643 g/mol. The number of para-hydroxylation sites is 1. The largest absolute Gasteiger partial charge is 0.366 e. The van der Waals surface area contributed by atoms with Crippen molar-refractivity contribution >= 4 is 72.0 Å². The van der Waals surface area contributed by atoms with Crippen molar-refractivity contribution in [2.75, 3.05) is 0 Å². The summed E-state index contributed by atoms with van der Waals surface area (Å²) in [6.07, 6.45) is 9.19. The van der Waals surface area contributed by atoms with Crippen molar-refractivity contribution in [1.82, 2.24) is 15.2 Å². The normalized spacial score (nSPS) is 17.0. The van der Waals surface area contributed by atoms with Crippen LogP contribution < -0.4 is 21.1 Å². The molecule has 2 heterocycles. The van der Waals surface area contributed by atoms with Gasteiger partial charge < -0.3 is 9.88 Å². The van der Waals surface area contributed by atoms with Gasteiger partial charge >= 0.3 is 0 Å². The fourth-order valence-corrected chi connectivity index (χ4v) is 9.08. The number of rotatable bonds is 4. The third-order valence-electron chi connectivity index (χ3n) is 11.4. The second-order valence-electron chi connectivity index (χ2n) is 14.4. The van der Waals surface area contributed by atoms with E-state index in [0.717, 1.165) is 24.2 Å². The number of hydrogen-bond acceptors (Lipinski definition) is 2. The highest BCUT2D eigenvalue weighted by Gasteiger charge is 2.26. The summed E-state index contributed by atoms with van der Waals surface area (Å²) in [4.78, 5) is 0. The Kier molecular flexibility index (Phi) is 6.89. The van der Waals surface area contributed by atoms with Crippen molar-refractivity contribution in [3.05, 3.63) is 191 Å². The number of nitrogens with one attached hydrogen (secondary N) is 2. The minimum Gasteiger partial charge on any atom is -0.366 e. The van der Waals surface area contributed by atoms with Gasteiger partial charge in [0.1, 0.15) is 6.17 Å². The summed E-state index contributed by atoms with van der Waals surface area (Å²) >= 11 is 0. The highest BCUT2D eigenvalue weighted by atomic mass is 15.2. The Bertz CT molecular complexity index is 3080. The van der Waals surface area contributed by atoms with E-state index >= 15 is 0 Å². The molecule has 2 N–H and O–H groups in total. The maximum absolute atomic E-state index is 3.97. The molecule has 0 fully saturated rings. The van der Waals surface area contributed by atoms with Crippen LogP contribution in [-0.4, -0.2) is 4.57 Å². The molecule has 2 atom stereocenters. The van der Waals surface area contributed by atoms with E-state index in [0.29, 0.717) is 0 Å². The van der Waals surface area contributed by atoms with Gasteiger partial charge in [-0.15, -0.1) is 0 Å². The second kappa shape index (κ2) is 12.1. The molecule has 2 unspecified atom stereocenters. The quantitative estimate of drug-likeness (QED) is 0.181. The SMILES string of the molecule is C1=C(c2cccc3c2=CCCC=3)NC(c2cccc(-n3c4ccccc4c4c5c6ccccc6ccc5c5ccccc5c43)c2)NC1c1ccccc1. The van der Waals surface area contributed by atoms with Crippen LogP contribution in [-0.2, 0) is 0 Å². The fraction of sp³-hybridized carbons (Fsp3) is 0.0800. The highest BCUT2D eigenvalue weighted by molar-refractivity contribution is 6.36. The van der Waals surface area contributed by atoms with E-state index in [4.69, 9.17) is 0 Å². The predicted molar refractivity (Wildman–Crippen MR) is 223 cm³/mol. The van der Waals surface area contributed by atoms with Crippen LogP contribution in [0, 0.1) is 0 Å². The maximum atomic E-state index is 3.97. The van der Waals surface area contributed by atoms with Gasteiger partial charge in [-0.05, 0) is 80.2 Å². The average Bonchev–Trinajstić information content (AvgIpc) is 3.59. The predicted octanol–water partition coefficient (Wildman–Crippen LogP) is 10.6. The summed E-state index contributed by atoms with van der Waals surface area (Å²) in [5, 5.41) is 20.9. The Morgan fingerprint density at radius 2 is 1.26 bits per heavy atom. The summed E-state index contributed by atoms with van der Waals surface area (Å²) in [7, 11) is 0. The van der Waals surface area contributed by atoms with E-state index in [9.17, 15) is 0 Å². The molecule has 1 aromatic heterocycles. The Balaban J connectivity index is 1.14. The Morgan fingerprint density at radius 1 is 0.528 bits per heavy atom. The molecule has 2 aliphatic rings. The van der Waals surface area contributed by atoms with Crippen molar-refractivity contribution in [1.29, 1.82) is 0 Å². The zero-order chi connectivity index (χ0) is 34.9. The molecule has 0 saturated carbocycles. The third kappa shape index (κ3) is 4.78. The molecule has 3 heteroatoms. The van der Waals surface area contributed by atoms with Gasteiger partial charge in [0, 0.05) is 38.5 Å². The van der Waals surface area contributed by atoms with Crippen molar-refractivity contribution in [2.45, 2.75) is 25.0 Å². The Morgan fingerprint density at radius 3 is 2.17 bits per heavy atom. The first-order valence-electron chi connectivity index (χ1n) is 18.7. The van der Waals surface area contributed by atoms with Gasteiger partial charge in [0.15, 0.2) is 0 Å².